The number of anilines is 1. The molecule has 226 valence electrons. The minimum atomic E-state index is -0.228. The first-order chi connectivity index (χ1) is 20.1. The van der Waals surface area contributed by atoms with E-state index in [0.717, 1.165) is 84.0 Å². The Bertz CT molecular complexity index is 1510. The van der Waals surface area contributed by atoms with Gasteiger partial charge in [-0.25, -0.2) is 4.39 Å². The minimum absolute atomic E-state index is 0.0226. The van der Waals surface area contributed by atoms with Crippen LogP contribution in [0.25, 0.3) is 22.3 Å². The summed E-state index contributed by atoms with van der Waals surface area (Å²) in [6, 6.07) is 10.7. The Hall–Kier alpha value is -2.70. The Balaban J connectivity index is 1.51. The third-order valence-electron chi connectivity index (χ3n) is 8.47. The topological polar surface area (TPSA) is 53.5 Å². The fraction of sp³-hybridized carbons (Fsp3) is 0.500. The predicted octanol–water partition coefficient (Wildman–Crippen LogP) is 6.60. The largest absolute Gasteiger partial charge is 0.382 e. The van der Waals surface area contributed by atoms with Crippen LogP contribution in [0, 0.1) is 10.8 Å². The average Bonchev–Trinajstić information content (AvgIpc) is 2.95. The molecule has 0 amide bonds. The molecule has 2 aromatic carbocycles. The molecule has 0 spiro atoms. The molecule has 3 heterocycles. The van der Waals surface area contributed by atoms with Gasteiger partial charge in [-0.15, -0.1) is 8.86 Å². The fourth-order valence-electron chi connectivity index (χ4n) is 6.67. The molecule has 6 nitrogen and oxygen atoms in total. The molecular weight excluding hydrogens is 544 g/mol. The molecule has 1 atom stereocenters. The van der Waals surface area contributed by atoms with Crippen LogP contribution >= 0.6 is 8.86 Å². The second-order valence-electron chi connectivity index (χ2n) is 12.7. The zero-order valence-electron chi connectivity index (χ0n) is 25.9. The summed E-state index contributed by atoms with van der Waals surface area (Å²) in [6.45, 7) is 20.4. The monoisotopic (exact) mass is 591 g/mol. The molecule has 0 bridgehead atoms. The van der Waals surface area contributed by atoms with E-state index in [1.807, 2.05) is 0 Å². The summed E-state index contributed by atoms with van der Waals surface area (Å²) in [6.07, 6.45) is 4.74. The maximum absolute atomic E-state index is 16.0. The molecule has 1 aromatic heterocycles. The molecular formula is C34H47FN5OP. The van der Waals surface area contributed by atoms with Crippen molar-refractivity contribution < 1.29 is 9.13 Å². The summed E-state index contributed by atoms with van der Waals surface area (Å²) in [7, 11) is 3.95. The average molecular weight is 592 g/mol. The van der Waals surface area contributed by atoms with Gasteiger partial charge in [0.25, 0.3) is 0 Å². The molecule has 42 heavy (non-hydrogen) atoms. The van der Waals surface area contributed by atoms with Gasteiger partial charge in [0, 0.05) is 89.3 Å². The highest BCUT2D eigenvalue weighted by Crippen LogP contribution is 2.39. The van der Waals surface area contributed by atoms with E-state index in [4.69, 9.17) is 4.74 Å². The van der Waals surface area contributed by atoms with E-state index in [9.17, 15) is 0 Å². The normalized spacial score (nSPS) is 16.0. The summed E-state index contributed by atoms with van der Waals surface area (Å²) in [4.78, 5) is 3.22. The van der Waals surface area contributed by atoms with Crippen LogP contribution < -0.4 is 16.0 Å². The summed E-state index contributed by atoms with van der Waals surface area (Å²) >= 11 is 0. The van der Waals surface area contributed by atoms with Crippen molar-refractivity contribution in [1.29, 1.82) is 0 Å². The second kappa shape index (κ2) is 12.9. The van der Waals surface area contributed by atoms with Crippen LogP contribution in [0.3, 0.4) is 0 Å². The Labute approximate surface area is 252 Å². The lowest BCUT2D eigenvalue weighted by molar-refractivity contribution is 0.0398. The van der Waals surface area contributed by atoms with Crippen LogP contribution in [0.4, 0.5) is 10.1 Å². The van der Waals surface area contributed by atoms with Gasteiger partial charge in [-0.3, -0.25) is 4.90 Å². The van der Waals surface area contributed by atoms with Crippen LogP contribution in [0.1, 0.15) is 64.2 Å². The van der Waals surface area contributed by atoms with E-state index in [2.05, 4.69) is 106 Å². The highest BCUT2D eigenvalue weighted by molar-refractivity contribution is 7.07. The van der Waals surface area contributed by atoms with Gasteiger partial charge in [0.05, 0.1) is 24.4 Å². The number of aromatic nitrogens is 1. The molecule has 8 heteroatoms. The summed E-state index contributed by atoms with van der Waals surface area (Å²) in [5, 5.41) is 11.7. The number of ether oxygens (including phenoxy) is 1. The maximum atomic E-state index is 16.0. The number of fused-ring (bicyclic) bond motifs is 2. The lowest BCUT2D eigenvalue weighted by Gasteiger charge is -2.34. The van der Waals surface area contributed by atoms with E-state index in [1.54, 1.807) is 6.07 Å². The first kappa shape index (κ1) is 30.7. The first-order valence-corrected chi connectivity index (χ1v) is 15.9. The van der Waals surface area contributed by atoms with Crippen molar-refractivity contribution >= 4 is 31.2 Å². The number of para-hydroxylation sites is 1. The van der Waals surface area contributed by atoms with Crippen LogP contribution in [0.5, 0.6) is 0 Å². The molecule has 3 aromatic rings. The third kappa shape index (κ3) is 6.60. The molecule has 1 fully saturated rings. The molecule has 5 rings (SSSR count). The van der Waals surface area contributed by atoms with Gasteiger partial charge in [0.1, 0.15) is 5.82 Å². The zero-order chi connectivity index (χ0) is 30.0. The predicted molar refractivity (Wildman–Crippen MR) is 177 cm³/mol. The van der Waals surface area contributed by atoms with Crippen LogP contribution in [-0.4, -0.2) is 66.5 Å². The van der Waals surface area contributed by atoms with Gasteiger partial charge in [-0.05, 0) is 44.4 Å². The summed E-state index contributed by atoms with van der Waals surface area (Å²) in [5.41, 5.74) is 6.65. The number of hydrogen-bond donors (Lipinski definition) is 3. The number of rotatable bonds is 12. The number of nitrogens with one attached hydrogen (secondary N) is 3. The van der Waals surface area contributed by atoms with Crippen molar-refractivity contribution in [2.75, 3.05) is 44.7 Å². The third-order valence-corrected chi connectivity index (χ3v) is 9.01. The van der Waals surface area contributed by atoms with Gasteiger partial charge in [0.15, 0.2) is 0 Å². The number of morpholine rings is 1. The molecule has 1 saturated heterocycles. The van der Waals surface area contributed by atoms with Crippen molar-refractivity contribution in [3.05, 3.63) is 70.6 Å². The second-order valence-corrected chi connectivity index (χ2v) is 13.2. The quantitative estimate of drug-likeness (QED) is 0.162. The van der Waals surface area contributed by atoms with Crippen molar-refractivity contribution in [2.45, 2.75) is 71.5 Å². The Morgan fingerprint density at radius 1 is 1.19 bits per heavy atom. The number of pyridine rings is 1. The van der Waals surface area contributed by atoms with Crippen LogP contribution in [0.2, 0.25) is 0 Å². The van der Waals surface area contributed by atoms with Crippen molar-refractivity contribution in [3.8, 4) is 5.69 Å². The van der Waals surface area contributed by atoms with Crippen LogP contribution in [-0.2, 0) is 11.2 Å². The highest BCUT2D eigenvalue weighted by atomic mass is 31.0. The van der Waals surface area contributed by atoms with Gasteiger partial charge < -0.3 is 25.3 Å². The zero-order valence-corrected chi connectivity index (χ0v) is 26.9. The standard InChI is InChI=1S/C34H47FN5OP/c1-7-25(20-34(5,6)38-22(2)3)37-23(4)28-21-40-30-11-9-8-10-24(30)18-26-31(29(35)19-27(32(26)40)33(28)42)36-12-13-39-14-16-41-17-15-39/h8-11,19,21-22,25,36-38,42H,4,7,12-18,20H2,1-3,5-6H3. The lowest BCUT2D eigenvalue weighted by atomic mass is 9.92. The molecule has 2 aliphatic rings. The number of benzene rings is 2. The van der Waals surface area contributed by atoms with E-state index in [1.165, 1.54) is 5.56 Å². The Morgan fingerprint density at radius 3 is 2.64 bits per heavy atom. The van der Waals surface area contributed by atoms with Crippen molar-refractivity contribution in [3.63, 3.8) is 0 Å². The van der Waals surface area contributed by atoms with Gasteiger partial charge >= 0.3 is 0 Å². The van der Waals surface area contributed by atoms with E-state index in [0.29, 0.717) is 24.7 Å². The highest BCUT2D eigenvalue weighted by Gasteiger charge is 2.26. The Morgan fingerprint density at radius 2 is 1.93 bits per heavy atom. The molecule has 0 aliphatic carbocycles. The van der Waals surface area contributed by atoms with Gasteiger partial charge in [0.2, 0.25) is 0 Å². The van der Waals surface area contributed by atoms with Crippen molar-refractivity contribution in [2.24, 2.45) is 0 Å². The molecule has 3 N–H and O–H groups in total. The fourth-order valence-corrected chi connectivity index (χ4v) is 7.08. The van der Waals surface area contributed by atoms with Crippen molar-refractivity contribution in [1.82, 2.24) is 20.1 Å². The Kier molecular flexibility index (Phi) is 9.44. The number of nitrogens with zero attached hydrogens (tertiary/aromatic N) is 2. The molecule has 1 unspecified atom stereocenters. The molecule has 0 saturated carbocycles. The summed E-state index contributed by atoms with van der Waals surface area (Å²) < 4.78 is 23.7. The number of hydrogen-bond acceptors (Lipinski definition) is 5. The smallest absolute Gasteiger partial charge is 0.147 e. The summed E-state index contributed by atoms with van der Waals surface area (Å²) in [5.74, 6) is -0.228. The first-order valence-electron chi connectivity index (χ1n) is 15.4. The van der Waals surface area contributed by atoms with Crippen LogP contribution in [0.15, 0.2) is 43.1 Å². The van der Waals surface area contributed by atoms with Gasteiger partial charge in [-0.2, -0.15) is 0 Å². The van der Waals surface area contributed by atoms with Gasteiger partial charge in [-0.1, -0.05) is 45.5 Å². The molecule has 0 radical (unpaired) electrons. The maximum Gasteiger partial charge on any atom is 0.147 e. The lowest BCUT2D eigenvalue weighted by Crippen LogP contribution is -2.47. The number of halogens is 1. The van der Waals surface area contributed by atoms with E-state index < -0.39 is 0 Å². The SMILES string of the molecule is C=C(NC(CC)CC(C)(C)NC(C)C)c1cn2c3c(c(NCCN4CCOCC4)c(F)cc3c1=P)Cc1ccccc1-2. The van der Waals surface area contributed by atoms with E-state index >= 15 is 4.39 Å². The molecule has 2 aliphatic heterocycles. The van der Waals surface area contributed by atoms with E-state index in [-0.39, 0.29) is 17.4 Å². The minimum Gasteiger partial charge on any atom is -0.382 e.